The van der Waals surface area contributed by atoms with E-state index in [0.717, 1.165) is 11.3 Å². The standard InChI is InChI=1S/C13H13BrN2O2S/c14-12-8-11(19(15,17)18)6-7-13(12)16-9-10-4-2-1-3-5-10/h1-8,16H,9H2,(H2,15,17,18). The van der Waals surface area contributed by atoms with Gasteiger partial charge >= 0.3 is 0 Å². The van der Waals surface area contributed by atoms with E-state index in [1.807, 2.05) is 30.3 Å². The van der Waals surface area contributed by atoms with E-state index in [1.165, 1.54) is 12.1 Å². The van der Waals surface area contributed by atoms with Gasteiger partial charge in [0.05, 0.1) is 4.90 Å². The summed E-state index contributed by atoms with van der Waals surface area (Å²) in [6.45, 7) is 0.661. The molecule has 100 valence electrons. The van der Waals surface area contributed by atoms with Gasteiger partial charge in [0.1, 0.15) is 0 Å². The Hall–Kier alpha value is -1.37. The zero-order chi connectivity index (χ0) is 13.9. The van der Waals surface area contributed by atoms with Crippen LogP contribution in [0.25, 0.3) is 0 Å². The summed E-state index contributed by atoms with van der Waals surface area (Å²) in [7, 11) is -3.67. The monoisotopic (exact) mass is 340 g/mol. The molecule has 6 heteroatoms. The van der Waals surface area contributed by atoms with Crippen molar-refractivity contribution >= 4 is 31.6 Å². The van der Waals surface area contributed by atoms with Crippen molar-refractivity contribution in [1.29, 1.82) is 0 Å². The summed E-state index contributed by atoms with van der Waals surface area (Å²) in [5, 5.41) is 8.30. The summed E-state index contributed by atoms with van der Waals surface area (Å²) < 4.78 is 23.1. The van der Waals surface area contributed by atoms with Crippen LogP contribution in [0, 0.1) is 0 Å². The number of halogens is 1. The molecule has 0 saturated heterocycles. The van der Waals surface area contributed by atoms with Crippen LogP contribution in [-0.4, -0.2) is 8.42 Å². The minimum absolute atomic E-state index is 0.0876. The lowest BCUT2D eigenvalue weighted by Crippen LogP contribution is -2.12. The van der Waals surface area contributed by atoms with Gasteiger partial charge < -0.3 is 5.32 Å². The van der Waals surface area contributed by atoms with Crippen molar-refractivity contribution in [3.8, 4) is 0 Å². The number of rotatable bonds is 4. The molecule has 0 aliphatic rings. The highest BCUT2D eigenvalue weighted by atomic mass is 79.9. The van der Waals surface area contributed by atoms with Crippen LogP contribution in [-0.2, 0) is 16.6 Å². The van der Waals surface area contributed by atoms with Crippen LogP contribution < -0.4 is 10.5 Å². The molecule has 0 aliphatic heterocycles. The van der Waals surface area contributed by atoms with Crippen molar-refractivity contribution in [2.24, 2.45) is 5.14 Å². The van der Waals surface area contributed by atoms with Crippen LogP contribution in [0.4, 0.5) is 5.69 Å². The van der Waals surface area contributed by atoms with Crippen molar-refractivity contribution in [3.05, 3.63) is 58.6 Å². The predicted molar refractivity (Wildman–Crippen MR) is 79.3 cm³/mol. The van der Waals surface area contributed by atoms with Crippen LogP contribution in [0.1, 0.15) is 5.56 Å². The van der Waals surface area contributed by atoms with Gasteiger partial charge in [-0.05, 0) is 39.7 Å². The minimum atomic E-state index is -3.67. The average Bonchev–Trinajstić information content (AvgIpc) is 2.37. The normalized spacial score (nSPS) is 11.3. The highest BCUT2D eigenvalue weighted by molar-refractivity contribution is 9.10. The third-order valence-electron chi connectivity index (χ3n) is 2.59. The van der Waals surface area contributed by atoms with Gasteiger partial charge in [0.2, 0.25) is 10.0 Å². The number of primary sulfonamides is 1. The maximum Gasteiger partial charge on any atom is 0.238 e. The number of hydrogen-bond acceptors (Lipinski definition) is 3. The number of hydrogen-bond donors (Lipinski definition) is 2. The molecule has 2 aromatic carbocycles. The first-order valence-electron chi connectivity index (χ1n) is 5.57. The van der Waals surface area contributed by atoms with Crippen molar-refractivity contribution in [2.75, 3.05) is 5.32 Å². The molecule has 0 unspecified atom stereocenters. The molecular formula is C13H13BrN2O2S. The van der Waals surface area contributed by atoms with Crippen LogP contribution in [0.2, 0.25) is 0 Å². The Kier molecular flexibility index (Phi) is 4.24. The number of nitrogens with one attached hydrogen (secondary N) is 1. The molecule has 3 N–H and O–H groups in total. The second kappa shape index (κ2) is 5.73. The second-order valence-electron chi connectivity index (χ2n) is 4.03. The van der Waals surface area contributed by atoms with Crippen LogP contribution in [0.15, 0.2) is 57.9 Å². The fraction of sp³-hybridized carbons (Fsp3) is 0.0769. The molecule has 0 spiro atoms. The van der Waals surface area contributed by atoms with Gasteiger partial charge in [-0.15, -0.1) is 0 Å². The van der Waals surface area contributed by atoms with E-state index in [2.05, 4.69) is 21.2 Å². The SMILES string of the molecule is NS(=O)(=O)c1ccc(NCc2ccccc2)c(Br)c1. The maximum atomic E-state index is 11.2. The summed E-state index contributed by atoms with van der Waals surface area (Å²) in [5.41, 5.74) is 1.96. The lowest BCUT2D eigenvalue weighted by molar-refractivity contribution is 0.598. The van der Waals surface area contributed by atoms with E-state index >= 15 is 0 Å². The van der Waals surface area contributed by atoms with Gasteiger partial charge in [-0.25, -0.2) is 13.6 Å². The predicted octanol–water partition coefficient (Wildman–Crippen LogP) is 2.71. The molecule has 0 aromatic heterocycles. The molecule has 4 nitrogen and oxygen atoms in total. The summed E-state index contributed by atoms with van der Waals surface area (Å²) in [6.07, 6.45) is 0. The number of anilines is 1. The number of benzene rings is 2. The number of nitrogens with two attached hydrogens (primary N) is 1. The fourth-order valence-electron chi connectivity index (χ4n) is 1.61. The molecule has 0 bridgehead atoms. The molecule has 19 heavy (non-hydrogen) atoms. The molecule has 0 saturated carbocycles. The topological polar surface area (TPSA) is 72.2 Å². The molecular weight excluding hydrogens is 328 g/mol. The van der Waals surface area contributed by atoms with E-state index in [0.29, 0.717) is 11.0 Å². The Labute approximate surface area is 120 Å². The Bertz CT molecular complexity index is 672. The van der Waals surface area contributed by atoms with Crippen molar-refractivity contribution in [3.63, 3.8) is 0 Å². The molecule has 0 radical (unpaired) electrons. The van der Waals surface area contributed by atoms with Gasteiger partial charge in [-0.2, -0.15) is 0 Å². The van der Waals surface area contributed by atoms with Crippen molar-refractivity contribution in [1.82, 2.24) is 0 Å². The quantitative estimate of drug-likeness (QED) is 0.898. The molecule has 0 atom stereocenters. The van der Waals surface area contributed by atoms with Crippen molar-refractivity contribution < 1.29 is 8.42 Å². The smallest absolute Gasteiger partial charge is 0.238 e. The third-order valence-corrected chi connectivity index (χ3v) is 4.16. The van der Waals surface area contributed by atoms with E-state index in [4.69, 9.17) is 5.14 Å². The lowest BCUT2D eigenvalue weighted by Gasteiger charge is -2.09. The lowest BCUT2D eigenvalue weighted by atomic mass is 10.2. The van der Waals surface area contributed by atoms with Crippen LogP contribution in [0.5, 0.6) is 0 Å². The summed E-state index contributed by atoms with van der Waals surface area (Å²) in [4.78, 5) is 0.0876. The van der Waals surface area contributed by atoms with Crippen LogP contribution >= 0.6 is 15.9 Å². The van der Waals surface area contributed by atoms with Gasteiger partial charge in [0.15, 0.2) is 0 Å². The Morgan fingerprint density at radius 3 is 2.37 bits per heavy atom. The molecule has 2 rings (SSSR count). The zero-order valence-corrected chi connectivity index (χ0v) is 12.4. The first-order chi connectivity index (χ1) is 8.97. The van der Waals surface area contributed by atoms with E-state index < -0.39 is 10.0 Å². The fourth-order valence-corrected chi connectivity index (χ4v) is 2.82. The first kappa shape index (κ1) is 14.0. The average molecular weight is 341 g/mol. The van der Waals surface area contributed by atoms with E-state index in [-0.39, 0.29) is 4.90 Å². The minimum Gasteiger partial charge on any atom is -0.380 e. The highest BCUT2D eigenvalue weighted by Crippen LogP contribution is 2.25. The number of sulfonamides is 1. The van der Waals surface area contributed by atoms with E-state index in [1.54, 1.807) is 6.07 Å². The Balaban J connectivity index is 2.14. The van der Waals surface area contributed by atoms with E-state index in [9.17, 15) is 8.42 Å². The largest absolute Gasteiger partial charge is 0.380 e. The summed E-state index contributed by atoms with van der Waals surface area (Å²) in [5.74, 6) is 0. The first-order valence-corrected chi connectivity index (χ1v) is 7.91. The van der Waals surface area contributed by atoms with Gasteiger partial charge in [-0.3, -0.25) is 0 Å². The highest BCUT2D eigenvalue weighted by Gasteiger charge is 2.10. The Morgan fingerprint density at radius 2 is 1.79 bits per heavy atom. The van der Waals surface area contributed by atoms with Gasteiger partial charge in [0, 0.05) is 16.7 Å². The van der Waals surface area contributed by atoms with Gasteiger partial charge in [0.25, 0.3) is 0 Å². The van der Waals surface area contributed by atoms with Gasteiger partial charge in [-0.1, -0.05) is 30.3 Å². The molecule has 0 heterocycles. The second-order valence-corrected chi connectivity index (χ2v) is 6.44. The molecule has 0 fully saturated rings. The molecule has 0 aliphatic carbocycles. The van der Waals surface area contributed by atoms with Crippen molar-refractivity contribution in [2.45, 2.75) is 11.4 Å². The third kappa shape index (κ3) is 3.79. The summed E-state index contributed by atoms with van der Waals surface area (Å²) >= 11 is 3.33. The molecule has 0 amide bonds. The zero-order valence-electron chi connectivity index (χ0n) is 10.0. The van der Waals surface area contributed by atoms with Crippen LogP contribution in [0.3, 0.4) is 0 Å². The maximum absolute atomic E-state index is 11.2. The Morgan fingerprint density at radius 1 is 1.11 bits per heavy atom. The molecule has 2 aromatic rings. The summed E-state index contributed by atoms with van der Waals surface area (Å²) in [6, 6.07) is 14.6.